The summed E-state index contributed by atoms with van der Waals surface area (Å²) in [7, 11) is 0. The van der Waals surface area contributed by atoms with Gasteiger partial charge in [-0.3, -0.25) is 4.90 Å². The van der Waals surface area contributed by atoms with Crippen LogP contribution < -0.4 is 10.6 Å². The molecule has 0 radical (unpaired) electrons. The van der Waals surface area contributed by atoms with E-state index in [0.29, 0.717) is 11.6 Å². The number of nitrogens with zero attached hydrogens (tertiary/aromatic N) is 4. The molecule has 2 heterocycles. The van der Waals surface area contributed by atoms with E-state index in [4.69, 9.17) is 5.73 Å². The molecule has 0 unspecified atom stereocenters. The van der Waals surface area contributed by atoms with E-state index < -0.39 is 0 Å². The van der Waals surface area contributed by atoms with E-state index >= 15 is 0 Å². The molecule has 5 nitrogen and oxygen atoms in total. The molecule has 0 bridgehead atoms. The van der Waals surface area contributed by atoms with E-state index in [-0.39, 0.29) is 30.6 Å². The van der Waals surface area contributed by atoms with Crippen molar-refractivity contribution in [2.24, 2.45) is 0 Å². The number of hydrogen-bond acceptors (Lipinski definition) is 5. The molecule has 0 amide bonds. The van der Waals surface area contributed by atoms with Gasteiger partial charge in [0.15, 0.2) is 0 Å². The van der Waals surface area contributed by atoms with E-state index in [2.05, 4.69) is 19.8 Å². The highest BCUT2D eigenvalue weighted by Crippen LogP contribution is 2.18. The molecule has 0 spiro atoms. The molecule has 1 aromatic heterocycles. The molecule has 3 rings (SSSR count). The summed E-state index contributed by atoms with van der Waals surface area (Å²) >= 11 is 0. The fraction of sp³-hybridized carbons (Fsp3) is 0.375. The van der Waals surface area contributed by atoms with Gasteiger partial charge >= 0.3 is 0 Å². The molecule has 0 atom stereocenters. The smallest absolute Gasteiger partial charge is 0.131 e. The number of halogens is 3. The molecule has 1 aromatic carbocycles. The van der Waals surface area contributed by atoms with E-state index in [1.807, 2.05) is 25.3 Å². The normalized spacial score (nSPS) is 14.7. The number of anilines is 2. The SMILES string of the molecule is Cc1ncc(CN2CCN(c3ccc(F)cc3)CC2)c(N)n1.Cl.Cl. The predicted molar refractivity (Wildman–Crippen MR) is 99.6 cm³/mol. The lowest BCUT2D eigenvalue weighted by atomic mass is 10.2. The third-order valence-electron chi connectivity index (χ3n) is 3.98. The summed E-state index contributed by atoms with van der Waals surface area (Å²) in [6.45, 7) is 6.30. The van der Waals surface area contributed by atoms with Crippen molar-refractivity contribution in [1.29, 1.82) is 0 Å². The average molecular weight is 374 g/mol. The Labute approximate surface area is 153 Å². The summed E-state index contributed by atoms with van der Waals surface area (Å²) in [6, 6.07) is 6.67. The van der Waals surface area contributed by atoms with E-state index in [0.717, 1.165) is 44.0 Å². The highest BCUT2D eigenvalue weighted by atomic mass is 35.5. The molecule has 0 saturated carbocycles. The van der Waals surface area contributed by atoms with Gasteiger partial charge in [0.25, 0.3) is 0 Å². The second-order valence-electron chi connectivity index (χ2n) is 5.57. The van der Waals surface area contributed by atoms with Gasteiger partial charge in [-0.1, -0.05) is 0 Å². The topological polar surface area (TPSA) is 58.3 Å². The minimum absolute atomic E-state index is 0. The van der Waals surface area contributed by atoms with Crippen LogP contribution in [-0.2, 0) is 6.54 Å². The maximum absolute atomic E-state index is 13.0. The van der Waals surface area contributed by atoms with Gasteiger partial charge in [0.1, 0.15) is 17.5 Å². The molecule has 1 aliphatic heterocycles. The molecule has 0 aliphatic carbocycles. The second kappa shape index (κ2) is 9.01. The lowest BCUT2D eigenvalue weighted by Gasteiger charge is -2.36. The molecular weight excluding hydrogens is 352 g/mol. The van der Waals surface area contributed by atoms with Crippen molar-refractivity contribution in [1.82, 2.24) is 14.9 Å². The third-order valence-corrected chi connectivity index (χ3v) is 3.98. The van der Waals surface area contributed by atoms with Gasteiger partial charge < -0.3 is 10.6 Å². The Bertz CT molecular complexity index is 645. The van der Waals surface area contributed by atoms with Crippen molar-refractivity contribution < 1.29 is 4.39 Å². The molecule has 24 heavy (non-hydrogen) atoms. The number of benzene rings is 1. The number of aryl methyl sites for hydroxylation is 1. The third kappa shape index (κ3) is 4.93. The Hall–Kier alpha value is -1.63. The number of nitrogen functional groups attached to an aromatic ring is 1. The van der Waals surface area contributed by atoms with Crippen molar-refractivity contribution >= 4 is 36.3 Å². The zero-order valence-electron chi connectivity index (χ0n) is 13.5. The molecule has 132 valence electrons. The monoisotopic (exact) mass is 373 g/mol. The van der Waals surface area contributed by atoms with E-state index in [1.54, 1.807) is 0 Å². The zero-order valence-corrected chi connectivity index (χ0v) is 15.1. The summed E-state index contributed by atoms with van der Waals surface area (Å²) < 4.78 is 13.0. The van der Waals surface area contributed by atoms with Crippen molar-refractivity contribution in [3.63, 3.8) is 0 Å². The fourth-order valence-corrected chi connectivity index (χ4v) is 2.69. The average Bonchev–Trinajstić information content (AvgIpc) is 2.52. The van der Waals surface area contributed by atoms with Crippen molar-refractivity contribution in [2.45, 2.75) is 13.5 Å². The first-order valence-corrected chi connectivity index (χ1v) is 7.43. The minimum atomic E-state index is -0.197. The van der Waals surface area contributed by atoms with Crippen LogP contribution in [0.3, 0.4) is 0 Å². The number of rotatable bonds is 3. The van der Waals surface area contributed by atoms with Gasteiger partial charge in [0.05, 0.1) is 0 Å². The van der Waals surface area contributed by atoms with Crippen molar-refractivity contribution in [3.05, 3.63) is 47.7 Å². The second-order valence-corrected chi connectivity index (χ2v) is 5.57. The fourth-order valence-electron chi connectivity index (χ4n) is 2.69. The molecule has 2 N–H and O–H groups in total. The lowest BCUT2D eigenvalue weighted by molar-refractivity contribution is 0.250. The molecule has 8 heteroatoms. The summed E-state index contributed by atoms with van der Waals surface area (Å²) in [6.07, 6.45) is 1.81. The summed E-state index contributed by atoms with van der Waals surface area (Å²) in [5.41, 5.74) is 7.99. The van der Waals surface area contributed by atoms with Crippen molar-refractivity contribution in [3.8, 4) is 0 Å². The van der Waals surface area contributed by atoms with Crippen LogP contribution in [0.5, 0.6) is 0 Å². The lowest BCUT2D eigenvalue weighted by Crippen LogP contribution is -2.46. The van der Waals surface area contributed by atoms with Gasteiger partial charge in [0, 0.05) is 50.2 Å². The zero-order chi connectivity index (χ0) is 15.5. The van der Waals surface area contributed by atoms with Gasteiger partial charge in [-0.05, 0) is 31.2 Å². The first kappa shape index (κ1) is 20.4. The Morgan fingerprint density at radius 3 is 2.29 bits per heavy atom. The quantitative estimate of drug-likeness (QED) is 0.895. The van der Waals surface area contributed by atoms with Crippen LogP contribution in [0, 0.1) is 12.7 Å². The van der Waals surface area contributed by atoms with Gasteiger partial charge in [-0.25, -0.2) is 14.4 Å². The highest BCUT2D eigenvalue weighted by Gasteiger charge is 2.18. The number of hydrogen-bond donors (Lipinski definition) is 1. The summed E-state index contributed by atoms with van der Waals surface area (Å²) in [5, 5.41) is 0. The van der Waals surface area contributed by atoms with Crippen LogP contribution >= 0.6 is 24.8 Å². The maximum Gasteiger partial charge on any atom is 0.131 e. The summed E-state index contributed by atoms with van der Waals surface area (Å²) in [5.74, 6) is 1.06. The molecule has 1 aliphatic rings. The Kier molecular flexibility index (Phi) is 7.66. The number of piperazine rings is 1. The van der Waals surface area contributed by atoms with E-state index in [1.165, 1.54) is 12.1 Å². The minimum Gasteiger partial charge on any atom is -0.383 e. The van der Waals surface area contributed by atoms with Crippen LogP contribution in [-0.4, -0.2) is 41.0 Å². The molecular formula is C16H22Cl2FN5. The standard InChI is InChI=1S/C16H20FN5.2ClH/c1-12-19-10-13(16(18)20-12)11-21-6-8-22(9-7-21)15-4-2-14(17)3-5-15;;/h2-5,10H,6-9,11H2,1H3,(H2,18,19,20);2*1H. The Morgan fingerprint density at radius 1 is 1.08 bits per heavy atom. The molecule has 2 aromatic rings. The maximum atomic E-state index is 13.0. The van der Waals surface area contributed by atoms with Gasteiger partial charge in [-0.2, -0.15) is 0 Å². The van der Waals surface area contributed by atoms with E-state index in [9.17, 15) is 4.39 Å². The predicted octanol–water partition coefficient (Wildman–Crippen LogP) is 2.67. The van der Waals surface area contributed by atoms with Crippen molar-refractivity contribution in [2.75, 3.05) is 36.8 Å². The first-order valence-electron chi connectivity index (χ1n) is 7.43. The molecule has 1 fully saturated rings. The van der Waals surface area contributed by atoms with Crippen LogP contribution in [0.2, 0.25) is 0 Å². The van der Waals surface area contributed by atoms with Crippen LogP contribution in [0.1, 0.15) is 11.4 Å². The Morgan fingerprint density at radius 2 is 1.71 bits per heavy atom. The molecule has 1 saturated heterocycles. The number of aromatic nitrogens is 2. The first-order chi connectivity index (χ1) is 10.6. The van der Waals surface area contributed by atoms with Crippen LogP contribution in [0.4, 0.5) is 15.9 Å². The highest BCUT2D eigenvalue weighted by molar-refractivity contribution is 5.85. The van der Waals surface area contributed by atoms with Gasteiger partial charge in [-0.15, -0.1) is 24.8 Å². The number of nitrogens with two attached hydrogens (primary N) is 1. The van der Waals surface area contributed by atoms with Crippen LogP contribution in [0.15, 0.2) is 30.5 Å². The summed E-state index contributed by atoms with van der Waals surface area (Å²) in [4.78, 5) is 13.0. The van der Waals surface area contributed by atoms with Gasteiger partial charge in [0.2, 0.25) is 0 Å². The Balaban J connectivity index is 0.00000144. The largest absolute Gasteiger partial charge is 0.383 e. The van der Waals surface area contributed by atoms with Crippen LogP contribution in [0.25, 0.3) is 0 Å².